The summed E-state index contributed by atoms with van der Waals surface area (Å²) in [5, 5.41) is 6.81. The van der Waals surface area contributed by atoms with Crippen molar-refractivity contribution in [1.29, 1.82) is 0 Å². The molecule has 1 aliphatic rings. The van der Waals surface area contributed by atoms with Crippen molar-refractivity contribution in [2.75, 3.05) is 27.2 Å². The van der Waals surface area contributed by atoms with Crippen LogP contribution in [0.4, 0.5) is 0 Å². The Morgan fingerprint density at radius 2 is 2.10 bits per heavy atom. The molecular formula is C16H27IN4. The minimum Gasteiger partial charge on any atom is -0.355 e. The molecule has 2 N–H and O–H groups in total. The maximum atomic E-state index is 4.29. The van der Waals surface area contributed by atoms with Gasteiger partial charge in [0.05, 0.1) is 0 Å². The number of benzene rings is 1. The Morgan fingerprint density at radius 1 is 1.33 bits per heavy atom. The molecule has 1 fully saturated rings. The van der Waals surface area contributed by atoms with E-state index in [1.807, 2.05) is 7.05 Å². The Bertz CT molecular complexity index is 461. The van der Waals surface area contributed by atoms with Crippen LogP contribution in [0.1, 0.15) is 24.0 Å². The third-order valence-corrected chi connectivity index (χ3v) is 4.11. The zero-order valence-corrected chi connectivity index (χ0v) is 15.6. The summed E-state index contributed by atoms with van der Waals surface area (Å²) in [6.07, 6.45) is 2.58. The second kappa shape index (κ2) is 9.25. The first-order valence-electron chi connectivity index (χ1n) is 7.40. The second-order valence-electron chi connectivity index (χ2n) is 5.51. The molecule has 0 aromatic heterocycles. The third-order valence-electron chi connectivity index (χ3n) is 4.11. The highest BCUT2D eigenvalue weighted by molar-refractivity contribution is 14.0. The Kier molecular flexibility index (Phi) is 8.03. The van der Waals surface area contributed by atoms with E-state index >= 15 is 0 Å². The quantitative estimate of drug-likeness (QED) is 0.462. The molecule has 1 atom stereocenters. The van der Waals surface area contributed by atoms with E-state index in [2.05, 4.69) is 58.8 Å². The van der Waals surface area contributed by atoms with Gasteiger partial charge in [-0.25, -0.2) is 0 Å². The fourth-order valence-electron chi connectivity index (χ4n) is 2.66. The van der Waals surface area contributed by atoms with Gasteiger partial charge in [-0.1, -0.05) is 24.3 Å². The summed E-state index contributed by atoms with van der Waals surface area (Å²) in [5.41, 5.74) is 2.62. The monoisotopic (exact) mass is 402 g/mol. The number of aryl methyl sites for hydroxylation is 1. The number of halogens is 1. The topological polar surface area (TPSA) is 39.7 Å². The fourth-order valence-corrected chi connectivity index (χ4v) is 2.66. The highest BCUT2D eigenvalue weighted by Crippen LogP contribution is 2.13. The van der Waals surface area contributed by atoms with Gasteiger partial charge in [0.15, 0.2) is 5.96 Å². The van der Waals surface area contributed by atoms with Crippen molar-refractivity contribution in [2.24, 2.45) is 4.99 Å². The van der Waals surface area contributed by atoms with E-state index in [1.165, 1.54) is 30.5 Å². The molecule has 1 unspecified atom stereocenters. The summed E-state index contributed by atoms with van der Waals surface area (Å²) >= 11 is 0. The van der Waals surface area contributed by atoms with Crippen LogP contribution in [0.5, 0.6) is 0 Å². The second-order valence-corrected chi connectivity index (χ2v) is 5.51. The number of guanidine groups is 1. The van der Waals surface area contributed by atoms with Crippen molar-refractivity contribution in [3.63, 3.8) is 0 Å². The molecule has 1 aliphatic heterocycles. The summed E-state index contributed by atoms with van der Waals surface area (Å²) in [7, 11) is 4.02. The van der Waals surface area contributed by atoms with E-state index in [4.69, 9.17) is 0 Å². The lowest BCUT2D eigenvalue weighted by Crippen LogP contribution is -2.43. The molecule has 21 heavy (non-hydrogen) atoms. The van der Waals surface area contributed by atoms with E-state index in [1.54, 1.807) is 0 Å². The first-order chi connectivity index (χ1) is 9.70. The molecule has 1 aromatic carbocycles. The zero-order valence-electron chi connectivity index (χ0n) is 13.2. The Hall–Kier alpha value is -0.820. The number of rotatable bonds is 4. The van der Waals surface area contributed by atoms with Crippen LogP contribution in [-0.4, -0.2) is 44.1 Å². The molecule has 0 aliphatic carbocycles. The lowest BCUT2D eigenvalue weighted by atomic mass is 10.1. The van der Waals surface area contributed by atoms with E-state index < -0.39 is 0 Å². The normalized spacial score (nSPS) is 19.2. The largest absolute Gasteiger partial charge is 0.355 e. The Balaban J connectivity index is 0.00000220. The molecule has 2 rings (SSSR count). The van der Waals surface area contributed by atoms with Gasteiger partial charge < -0.3 is 15.5 Å². The Labute approximate surface area is 145 Å². The van der Waals surface area contributed by atoms with Gasteiger partial charge in [0.1, 0.15) is 0 Å². The van der Waals surface area contributed by atoms with E-state index in [0.29, 0.717) is 6.04 Å². The van der Waals surface area contributed by atoms with Crippen LogP contribution in [0.3, 0.4) is 0 Å². The van der Waals surface area contributed by atoms with Crippen LogP contribution in [0, 0.1) is 6.92 Å². The van der Waals surface area contributed by atoms with Crippen molar-refractivity contribution in [3.05, 3.63) is 35.4 Å². The number of likely N-dealkylation sites (N-methyl/N-ethyl adjacent to an activating group) is 1. The minimum atomic E-state index is 0. The molecule has 1 aromatic rings. The number of hydrogen-bond donors (Lipinski definition) is 2. The molecule has 118 valence electrons. The molecule has 0 radical (unpaired) electrons. The standard InChI is InChI=1S/C16H26N4.HI/c1-13-7-4-5-8-14(13)11-18-16(17-2)19-12-15-9-6-10-20(15)3;/h4-5,7-8,15H,6,9-12H2,1-3H3,(H2,17,18,19);1H. The SMILES string of the molecule is CN=C(NCc1ccccc1C)NCC1CCCN1C.I. The van der Waals surface area contributed by atoms with E-state index in [9.17, 15) is 0 Å². The average molecular weight is 402 g/mol. The van der Waals surface area contributed by atoms with Gasteiger partial charge in [0.25, 0.3) is 0 Å². The number of aliphatic imine (C=N–C) groups is 1. The molecule has 5 heteroatoms. The highest BCUT2D eigenvalue weighted by atomic mass is 127. The van der Waals surface area contributed by atoms with Gasteiger partial charge in [0.2, 0.25) is 0 Å². The van der Waals surface area contributed by atoms with Crippen LogP contribution in [0.25, 0.3) is 0 Å². The van der Waals surface area contributed by atoms with Crippen LogP contribution in [-0.2, 0) is 6.54 Å². The van der Waals surface area contributed by atoms with Crippen molar-refractivity contribution in [1.82, 2.24) is 15.5 Å². The van der Waals surface area contributed by atoms with Crippen LogP contribution >= 0.6 is 24.0 Å². The van der Waals surface area contributed by atoms with Gasteiger partial charge in [0, 0.05) is 26.2 Å². The average Bonchev–Trinajstić information content (AvgIpc) is 2.86. The molecule has 1 heterocycles. The smallest absolute Gasteiger partial charge is 0.191 e. The van der Waals surface area contributed by atoms with Gasteiger partial charge in [-0.15, -0.1) is 24.0 Å². The zero-order chi connectivity index (χ0) is 14.4. The molecule has 0 saturated carbocycles. The molecule has 0 amide bonds. The fraction of sp³-hybridized carbons (Fsp3) is 0.562. The summed E-state index contributed by atoms with van der Waals surface area (Å²) in [5.74, 6) is 0.883. The van der Waals surface area contributed by atoms with Crippen LogP contribution in [0.2, 0.25) is 0 Å². The summed E-state index contributed by atoms with van der Waals surface area (Å²) in [6.45, 7) is 5.12. The number of hydrogen-bond acceptors (Lipinski definition) is 2. The van der Waals surface area contributed by atoms with Crippen LogP contribution in [0.15, 0.2) is 29.3 Å². The lowest BCUT2D eigenvalue weighted by Gasteiger charge is -2.21. The van der Waals surface area contributed by atoms with Crippen molar-refractivity contribution in [3.8, 4) is 0 Å². The minimum absolute atomic E-state index is 0. The van der Waals surface area contributed by atoms with Crippen molar-refractivity contribution in [2.45, 2.75) is 32.4 Å². The predicted molar refractivity (Wildman–Crippen MR) is 100 cm³/mol. The maximum Gasteiger partial charge on any atom is 0.191 e. The van der Waals surface area contributed by atoms with Crippen molar-refractivity contribution < 1.29 is 0 Å². The Morgan fingerprint density at radius 3 is 2.71 bits per heavy atom. The first kappa shape index (κ1) is 18.2. The maximum absolute atomic E-state index is 4.29. The summed E-state index contributed by atoms with van der Waals surface area (Å²) < 4.78 is 0. The summed E-state index contributed by atoms with van der Waals surface area (Å²) in [4.78, 5) is 6.71. The van der Waals surface area contributed by atoms with Gasteiger partial charge in [-0.05, 0) is 44.5 Å². The van der Waals surface area contributed by atoms with E-state index in [0.717, 1.165) is 19.0 Å². The van der Waals surface area contributed by atoms with Gasteiger partial charge >= 0.3 is 0 Å². The molecular weight excluding hydrogens is 375 g/mol. The molecule has 0 spiro atoms. The summed E-state index contributed by atoms with van der Waals surface area (Å²) in [6, 6.07) is 9.07. The lowest BCUT2D eigenvalue weighted by molar-refractivity contribution is 0.309. The van der Waals surface area contributed by atoms with Crippen LogP contribution < -0.4 is 10.6 Å². The molecule has 1 saturated heterocycles. The number of nitrogens with zero attached hydrogens (tertiary/aromatic N) is 2. The van der Waals surface area contributed by atoms with E-state index in [-0.39, 0.29) is 24.0 Å². The van der Waals surface area contributed by atoms with Crippen molar-refractivity contribution >= 4 is 29.9 Å². The third kappa shape index (κ3) is 5.47. The number of likely N-dealkylation sites (tertiary alicyclic amines) is 1. The van der Waals surface area contributed by atoms with Gasteiger partial charge in [-0.3, -0.25) is 4.99 Å². The molecule has 0 bridgehead atoms. The predicted octanol–water partition coefficient (Wildman–Crippen LogP) is 2.37. The number of nitrogens with one attached hydrogen (secondary N) is 2. The molecule has 4 nitrogen and oxygen atoms in total. The van der Waals surface area contributed by atoms with Gasteiger partial charge in [-0.2, -0.15) is 0 Å². The highest BCUT2D eigenvalue weighted by Gasteiger charge is 2.20. The first-order valence-corrected chi connectivity index (χ1v) is 7.40.